The van der Waals surface area contributed by atoms with Crippen molar-refractivity contribution in [2.24, 2.45) is 5.92 Å². The highest BCUT2D eigenvalue weighted by Crippen LogP contribution is 2.45. The van der Waals surface area contributed by atoms with E-state index in [1.54, 1.807) is 0 Å². The maximum atomic E-state index is 13.9. The van der Waals surface area contributed by atoms with Gasteiger partial charge in [-0.2, -0.15) is 0 Å². The first-order chi connectivity index (χ1) is 10.2. The van der Waals surface area contributed by atoms with Crippen molar-refractivity contribution in [3.63, 3.8) is 0 Å². The summed E-state index contributed by atoms with van der Waals surface area (Å²) in [5, 5.41) is 10.8. The molecular weight excluding hydrogens is 320 g/mol. The molecule has 0 heterocycles. The molecule has 0 saturated heterocycles. The van der Waals surface area contributed by atoms with Gasteiger partial charge in [0.2, 0.25) is 5.92 Å². The van der Waals surface area contributed by atoms with Crippen LogP contribution in [0.25, 0.3) is 0 Å². The molecule has 22 heavy (non-hydrogen) atoms. The van der Waals surface area contributed by atoms with Crippen molar-refractivity contribution in [1.82, 2.24) is 0 Å². The van der Waals surface area contributed by atoms with E-state index in [4.69, 9.17) is 11.6 Å². The molecule has 0 radical (unpaired) electrons. The summed E-state index contributed by atoms with van der Waals surface area (Å²) in [6, 6.07) is 3.99. The highest BCUT2D eigenvalue weighted by atomic mass is 35.5. The maximum absolute atomic E-state index is 13.9. The third-order valence-corrected chi connectivity index (χ3v) is 4.15. The topological polar surface area (TPSA) is 69.4 Å². The van der Waals surface area contributed by atoms with Gasteiger partial charge in [0, 0.05) is 18.9 Å². The zero-order valence-corrected chi connectivity index (χ0v) is 12.5. The Kier molecular flexibility index (Phi) is 4.65. The molecule has 0 N–H and O–H groups in total. The lowest BCUT2D eigenvalue weighted by Crippen LogP contribution is -2.35. The molecule has 2 unspecified atom stereocenters. The van der Waals surface area contributed by atoms with Crippen molar-refractivity contribution in [2.75, 3.05) is 7.11 Å². The van der Waals surface area contributed by atoms with Gasteiger partial charge in [-0.3, -0.25) is 14.9 Å². The van der Waals surface area contributed by atoms with Crippen LogP contribution in [-0.2, 0) is 9.53 Å². The van der Waals surface area contributed by atoms with Gasteiger partial charge in [0.1, 0.15) is 5.02 Å². The third-order valence-electron chi connectivity index (χ3n) is 3.83. The molecule has 1 saturated carbocycles. The molecular formula is C14H14ClF2NO4. The van der Waals surface area contributed by atoms with E-state index in [-0.39, 0.29) is 17.1 Å². The fraction of sp³-hybridized carbons (Fsp3) is 0.500. The number of benzene rings is 1. The number of nitro benzene ring substituents is 1. The van der Waals surface area contributed by atoms with Crippen LogP contribution in [-0.4, -0.2) is 23.9 Å². The largest absolute Gasteiger partial charge is 0.469 e. The summed E-state index contributed by atoms with van der Waals surface area (Å²) >= 11 is 5.72. The molecule has 2 rings (SSSR count). The summed E-state index contributed by atoms with van der Waals surface area (Å²) in [5.74, 6) is -5.29. The van der Waals surface area contributed by atoms with Crippen LogP contribution < -0.4 is 0 Å². The first kappa shape index (κ1) is 16.6. The highest BCUT2D eigenvalue weighted by molar-refractivity contribution is 6.32. The summed E-state index contributed by atoms with van der Waals surface area (Å²) in [7, 11) is 1.15. The fourth-order valence-corrected chi connectivity index (χ4v) is 3.02. The Balaban J connectivity index is 2.32. The highest BCUT2D eigenvalue weighted by Gasteiger charge is 2.44. The molecule has 1 aliphatic carbocycles. The number of alkyl halides is 2. The summed E-state index contributed by atoms with van der Waals surface area (Å²) < 4.78 is 32.3. The van der Waals surface area contributed by atoms with Crippen LogP contribution >= 0.6 is 11.6 Å². The summed E-state index contributed by atoms with van der Waals surface area (Å²) in [6.45, 7) is 0. The zero-order valence-electron chi connectivity index (χ0n) is 11.7. The number of nitrogens with zero attached hydrogens (tertiary/aromatic N) is 1. The van der Waals surface area contributed by atoms with E-state index in [0.29, 0.717) is 5.56 Å². The molecule has 0 spiro atoms. The third kappa shape index (κ3) is 3.52. The fourth-order valence-electron chi connectivity index (χ4n) is 2.84. The zero-order chi connectivity index (χ0) is 16.5. The number of hydrogen-bond donors (Lipinski definition) is 0. The summed E-state index contributed by atoms with van der Waals surface area (Å²) in [6.07, 6.45) is -0.855. The normalized spacial score (nSPS) is 23.8. The van der Waals surface area contributed by atoms with E-state index in [0.717, 1.165) is 7.11 Å². The Morgan fingerprint density at radius 1 is 1.45 bits per heavy atom. The number of hydrogen-bond acceptors (Lipinski definition) is 4. The Morgan fingerprint density at radius 3 is 2.73 bits per heavy atom. The van der Waals surface area contributed by atoms with E-state index >= 15 is 0 Å². The Hall–Kier alpha value is -1.76. The van der Waals surface area contributed by atoms with E-state index in [9.17, 15) is 23.7 Å². The first-order valence-electron chi connectivity index (χ1n) is 6.63. The molecule has 0 bridgehead atoms. The number of rotatable bonds is 3. The van der Waals surface area contributed by atoms with Crippen LogP contribution in [0.2, 0.25) is 5.02 Å². The molecule has 1 aromatic carbocycles. The molecule has 5 nitrogen and oxygen atoms in total. The van der Waals surface area contributed by atoms with Crippen molar-refractivity contribution >= 4 is 23.3 Å². The predicted octanol–water partition coefficient (Wildman–Crippen LogP) is 3.94. The number of halogens is 3. The van der Waals surface area contributed by atoms with Gasteiger partial charge in [0.15, 0.2) is 0 Å². The van der Waals surface area contributed by atoms with Crippen molar-refractivity contribution in [1.29, 1.82) is 0 Å². The smallest absolute Gasteiger partial charge is 0.308 e. The number of methoxy groups -OCH3 is 1. The lowest BCUT2D eigenvalue weighted by atomic mass is 9.76. The molecule has 8 heteroatoms. The molecule has 1 aliphatic rings. The lowest BCUT2D eigenvalue weighted by molar-refractivity contribution is -0.384. The van der Waals surface area contributed by atoms with Gasteiger partial charge in [-0.1, -0.05) is 17.7 Å². The van der Waals surface area contributed by atoms with Crippen LogP contribution in [0.5, 0.6) is 0 Å². The number of ether oxygens (including phenoxy) is 1. The SMILES string of the molecule is COC(=O)C1CC(c2ccc(Cl)c([N+](=O)[O-])c2)CC(F)(F)C1. The van der Waals surface area contributed by atoms with Crippen LogP contribution in [0.15, 0.2) is 18.2 Å². The van der Waals surface area contributed by atoms with Gasteiger partial charge in [-0.25, -0.2) is 8.78 Å². The van der Waals surface area contributed by atoms with Crippen LogP contribution in [0.4, 0.5) is 14.5 Å². The minimum absolute atomic E-state index is 0.0548. The molecule has 2 atom stereocenters. The minimum Gasteiger partial charge on any atom is -0.469 e. The Labute approximate surface area is 130 Å². The number of esters is 1. The van der Waals surface area contributed by atoms with Gasteiger partial charge in [-0.15, -0.1) is 0 Å². The summed E-state index contributed by atoms with van der Waals surface area (Å²) in [4.78, 5) is 21.8. The van der Waals surface area contributed by atoms with Gasteiger partial charge in [0.05, 0.1) is 18.0 Å². The number of nitro groups is 1. The van der Waals surface area contributed by atoms with Crippen LogP contribution in [0.3, 0.4) is 0 Å². The maximum Gasteiger partial charge on any atom is 0.308 e. The van der Waals surface area contributed by atoms with Crippen molar-refractivity contribution in [3.8, 4) is 0 Å². The van der Waals surface area contributed by atoms with Crippen molar-refractivity contribution in [3.05, 3.63) is 38.9 Å². The average molecular weight is 334 g/mol. The van der Waals surface area contributed by atoms with Crippen LogP contribution in [0, 0.1) is 16.0 Å². The van der Waals surface area contributed by atoms with Crippen molar-refractivity contribution < 1.29 is 23.2 Å². The number of carbonyl (C=O) groups is 1. The van der Waals surface area contributed by atoms with Gasteiger partial charge in [-0.05, 0) is 24.0 Å². The Morgan fingerprint density at radius 2 is 2.14 bits per heavy atom. The van der Waals surface area contributed by atoms with Gasteiger partial charge in [0.25, 0.3) is 5.69 Å². The first-order valence-corrected chi connectivity index (χ1v) is 7.01. The lowest BCUT2D eigenvalue weighted by Gasteiger charge is -2.33. The summed E-state index contributed by atoms with van der Waals surface area (Å²) in [5.41, 5.74) is 0.0482. The molecule has 0 aliphatic heterocycles. The minimum atomic E-state index is -3.02. The van der Waals surface area contributed by atoms with E-state index in [1.807, 2.05) is 0 Å². The van der Waals surface area contributed by atoms with E-state index in [1.165, 1.54) is 18.2 Å². The second-order valence-corrected chi connectivity index (χ2v) is 5.79. The van der Waals surface area contributed by atoms with E-state index in [2.05, 4.69) is 4.74 Å². The number of carbonyl (C=O) groups excluding carboxylic acids is 1. The second kappa shape index (κ2) is 6.16. The van der Waals surface area contributed by atoms with E-state index < -0.39 is 41.5 Å². The molecule has 0 aromatic heterocycles. The van der Waals surface area contributed by atoms with Gasteiger partial charge >= 0.3 is 5.97 Å². The molecule has 1 fully saturated rings. The quantitative estimate of drug-likeness (QED) is 0.477. The molecule has 0 amide bonds. The Bertz CT molecular complexity index is 609. The predicted molar refractivity (Wildman–Crippen MR) is 75.2 cm³/mol. The average Bonchev–Trinajstić information content (AvgIpc) is 2.44. The molecule has 1 aromatic rings. The van der Waals surface area contributed by atoms with Gasteiger partial charge < -0.3 is 4.74 Å². The second-order valence-electron chi connectivity index (χ2n) is 5.38. The monoisotopic (exact) mass is 333 g/mol. The standard InChI is InChI=1S/C14H14ClF2NO4/c1-22-13(19)10-4-9(6-14(16,17)7-10)8-2-3-11(15)12(5-8)18(20)21/h2-3,5,9-10H,4,6-7H2,1H3. The molecule has 120 valence electrons. The van der Waals surface area contributed by atoms with Crippen LogP contribution in [0.1, 0.15) is 30.7 Å². The van der Waals surface area contributed by atoms with Crippen molar-refractivity contribution in [2.45, 2.75) is 31.1 Å².